The van der Waals surface area contributed by atoms with Gasteiger partial charge < -0.3 is 57.6 Å². The second-order valence-corrected chi connectivity index (χ2v) is 21.1. The number of methoxy groups -OCH3 is 1. The van der Waals surface area contributed by atoms with E-state index in [2.05, 4.69) is 37.6 Å². The highest BCUT2D eigenvalue weighted by atomic mass is 32.2. The van der Waals surface area contributed by atoms with Crippen molar-refractivity contribution in [3.05, 3.63) is 60.8 Å². The first-order valence-corrected chi connectivity index (χ1v) is 26.2. The molecule has 0 aromatic heterocycles. The molecule has 0 aliphatic heterocycles. The number of thioether (sulfide) groups is 2. The van der Waals surface area contributed by atoms with Gasteiger partial charge in [-0.1, -0.05) is 32.9 Å². The van der Waals surface area contributed by atoms with Crippen molar-refractivity contribution in [1.82, 2.24) is 0 Å². The number of rotatable bonds is 36. The van der Waals surface area contributed by atoms with Crippen molar-refractivity contribution in [2.24, 2.45) is 21.7 Å². The number of esters is 9. The largest absolute Gasteiger partial charge is 0.463 e. The van der Waals surface area contributed by atoms with Crippen LogP contribution in [0.25, 0.3) is 0 Å². The summed E-state index contributed by atoms with van der Waals surface area (Å²) in [7, 11) is 1.50. The first kappa shape index (κ1) is 74.7. The molecular weight excluding hydrogens is 1040 g/mol. The Morgan fingerprint density at radius 3 is 0.895 bits per heavy atom. The Balaban J connectivity index is -0.00000120. The summed E-state index contributed by atoms with van der Waals surface area (Å²) in [5.74, 6) is -3.16. The lowest BCUT2D eigenvalue weighted by Gasteiger charge is -2.34. The summed E-state index contributed by atoms with van der Waals surface area (Å²) in [5.41, 5.74) is -2.73. The fraction of sp³-hybridized carbons (Fsp3) is 0.642. The summed E-state index contributed by atoms with van der Waals surface area (Å²) in [6.45, 7) is 34.7. The van der Waals surface area contributed by atoms with Crippen molar-refractivity contribution in [3.8, 4) is 0 Å². The summed E-state index contributed by atoms with van der Waals surface area (Å²) in [6.07, 6.45) is 0.252. The predicted molar refractivity (Wildman–Crippen MR) is 286 cm³/mol. The van der Waals surface area contributed by atoms with Gasteiger partial charge in [0.25, 0.3) is 0 Å². The van der Waals surface area contributed by atoms with E-state index in [1.54, 1.807) is 62.3 Å². The molecule has 21 nitrogen and oxygen atoms in total. The maximum Gasteiger partial charge on any atom is 0.333 e. The third-order valence-electron chi connectivity index (χ3n) is 9.53. The van der Waals surface area contributed by atoms with Crippen molar-refractivity contribution in [2.45, 2.75) is 89.0 Å². The molecule has 0 radical (unpaired) electrons. The van der Waals surface area contributed by atoms with Gasteiger partial charge in [-0.15, -0.1) is 0 Å². The molecule has 0 bridgehead atoms. The Labute approximate surface area is 457 Å². The number of hydrogen-bond donors (Lipinski definition) is 2. The monoisotopic (exact) mass is 1120 g/mol. The van der Waals surface area contributed by atoms with Crippen LogP contribution in [0.15, 0.2) is 60.8 Å². The van der Waals surface area contributed by atoms with Crippen LogP contribution in [0.3, 0.4) is 0 Å². The van der Waals surface area contributed by atoms with Crippen LogP contribution in [0, 0.1) is 21.7 Å². The molecule has 2 unspecified atom stereocenters. The molecule has 0 saturated heterocycles. The van der Waals surface area contributed by atoms with Crippen LogP contribution in [0.2, 0.25) is 0 Å². The number of aliphatic hydroxyl groups is 2. The van der Waals surface area contributed by atoms with Gasteiger partial charge in [-0.25, -0.2) is 24.0 Å². The summed E-state index contributed by atoms with van der Waals surface area (Å²) in [5, 5.41) is 17.2. The van der Waals surface area contributed by atoms with E-state index in [-0.39, 0.29) is 109 Å². The molecule has 0 aromatic carbocycles. The lowest BCUT2D eigenvalue weighted by Crippen LogP contribution is -2.41. The van der Waals surface area contributed by atoms with Crippen LogP contribution < -0.4 is 0 Å². The van der Waals surface area contributed by atoms with Gasteiger partial charge in [0.2, 0.25) is 0 Å². The smallest absolute Gasteiger partial charge is 0.333 e. The first-order valence-electron chi connectivity index (χ1n) is 23.9. The molecule has 0 saturated carbocycles. The molecule has 0 heterocycles. The van der Waals surface area contributed by atoms with Crippen LogP contribution in [0.5, 0.6) is 0 Å². The lowest BCUT2D eigenvalue weighted by molar-refractivity contribution is -0.165. The van der Waals surface area contributed by atoms with E-state index in [1.807, 2.05) is 0 Å². The molecule has 434 valence electrons. The van der Waals surface area contributed by atoms with Crippen molar-refractivity contribution in [1.29, 1.82) is 0 Å². The van der Waals surface area contributed by atoms with E-state index < -0.39 is 75.4 Å². The van der Waals surface area contributed by atoms with Gasteiger partial charge in [-0.05, 0) is 89.0 Å². The second kappa shape index (κ2) is 39.8. The summed E-state index contributed by atoms with van der Waals surface area (Å²) in [6, 6.07) is 0. The van der Waals surface area contributed by atoms with Gasteiger partial charge in [-0.3, -0.25) is 19.2 Å². The number of carbonyl (C=O) groups is 9. The highest BCUT2D eigenvalue weighted by Gasteiger charge is 2.45. The number of ether oxygens (including phenoxy) is 10. The fourth-order valence-electron chi connectivity index (χ4n) is 5.83. The molecule has 2 atom stereocenters. The topological polar surface area (TPSA) is 286 Å². The van der Waals surface area contributed by atoms with E-state index in [0.29, 0.717) is 34.0 Å². The van der Waals surface area contributed by atoms with Crippen LogP contribution in [-0.4, -0.2) is 173 Å². The van der Waals surface area contributed by atoms with E-state index in [0.717, 1.165) is 0 Å². The van der Waals surface area contributed by atoms with Gasteiger partial charge in [0, 0.05) is 58.0 Å². The third kappa shape index (κ3) is 34.2. The molecule has 76 heavy (non-hydrogen) atoms. The Morgan fingerprint density at radius 1 is 0.368 bits per heavy atom. The molecule has 0 aliphatic carbocycles. The normalized spacial score (nSPS) is 12.3. The molecular formula is C53H84O21S2. The number of aliphatic hydroxyl groups excluding tert-OH is 2. The van der Waals surface area contributed by atoms with Crippen molar-refractivity contribution in [2.75, 3.05) is 109 Å². The molecule has 0 fully saturated rings. The Hall–Kier alpha value is -5.49. The molecule has 0 amide bonds. The van der Waals surface area contributed by atoms with Crippen LogP contribution in [0.4, 0.5) is 0 Å². The Morgan fingerprint density at radius 2 is 0.605 bits per heavy atom. The van der Waals surface area contributed by atoms with Gasteiger partial charge >= 0.3 is 53.7 Å². The van der Waals surface area contributed by atoms with Crippen LogP contribution in [0.1, 0.15) is 89.0 Å². The SMILES string of the molecule is C=C(C)C(=O)OCCO.C=C(C)C(=O)OCCOC(=O)C(C)(C)CC(C)(CSCCOC(=O)C(=C)C)C(=O)OCCO.C=C(C)C(=O)OCCOC(=O)C(C)(C)CC(C)(CSCCOC(=O)C(=C)C)C(=O)OCCOC. The molecule has 0 rings (SSSR count). The average Bonchev–Trinajstić information content (AvgIpc) is 3.34. The molecule has 0 aliphatic rings. The van der Waals surface area contributed by atoms with Crippen LogP contribution >= 0.6 is 23.5 Å². The Bertz CT molecular complexity index is 1970. The highest BCUT2D eigenvalue weighted by Crippen LogP contribution is 2.40. The van der Waals surface area contributed by atoms with Crippen molar-refractivity contribution < 1.29 is 101 Å². The molecule has 23 heteroatoms. The summed E-state index contributed by atoms with van der Waals surface area (Å²) >= 11 is 2.77. The highest BCUT2D eigenvalue weighted by molar-refractivity contribution is 7.99. The van der Waals surface area contributed by atoms with Crippen LogP contribution in [-0.2, 0) is 90.5 Å². The molecule has 0 spiro atoms. The number of hydrogen-bond acceptors (Lipinski definition) is 23. The standard InChI is InChI=1S/C24H38O9S.C23H36O9S.C6H10O3/c1-17(2)19(25)30-11-12-32-21(27)23(5,6)15-24(7,22(28)33-10-9-29-8)16-34-14-13-31-20(26)18(3)4;1-16(2)18(25)29-10-11-32-20(27)22(5,6)14-23(7,21(28)31-9-8-24)15-33-13-12-30-19(26)17(3)4;1-5(2)6(8)9-4-3-7/h1,3,9-16H2,2,4-8H3;24H,1,3,8-15H2,2,4-7H3;7H,1,3-4H2,2H3. The minimum Gasteiger partial charge on any atom is -0.463 e. The second-order valence-electron chi connectivity index (χ2n) is 18.9. The van der Waals surface area contributed by atoms with Crippen molar-refractivity contribution >= 4 is 77.2 Å². The van der Waals surface area contributed by atoms with Gasteiger partial charge in [0.05, 0.1) is 41.5 Å². The average molecular weight is 1120 g/mol. The minimum atomic E-state index is -1.08. The van der Waals surface area contributed by atoms with E-state index >= 15 is 0 Å². The Kier molecular flexibility index (Phi) is 39.2. The van der Waals surface area contributed by atoms with E-state index in [9.17, 15) is 43.2 Å². The van der Waals surface area contributed by atoms with Gasteiger partial charge in [0.15, 0.2) is 0 Å². The zero-order valence-corrected chi connectivity index (χ0v) is 48.4. The minimum absolute atomic E-state index is 0.0473. The number of carbonyl (C=O) groups excluding carboxylic acids is 9. The van der Waals surface area contributed by atoms with Gasteiger partial charge in [0.1, 0.15) is 59.5 Å². The molecule has 2 N–H and O–H groups in total. The maximum absolute atomic E-state index is 12.9. The fourth-order valence-corrected chi connectivity index (χ4v) is 7.86. The maximum atomic E-state index is 12.9. The summed E-state index contributed by atoms with van der Waals surface area (Å²) < 4.78 is 50.3. The zero-order chi connectivity index (χ0) is 59.3. The summed E-state index contributed by atoms with van der Waals surface area (Å²) in [4.78, 5) is 107. The molecule has 0 aromatic rings. The van der Waals surface area contributed by atoms with E-state index in [4.69, 9.17) is 52.8 Å². The van der Waals surface area contributed by atoms with Gasteiger partial charge in [-0.2, -0.15) is 23.5 Å². The third-order valence-corrected chi connectivity index (χ3v) is 12.1. The van der Waals surface area contributed by atoms with E-state index in [1.165, 1.54) is 44.5 Å². The predicted octanol–water partition coefficient (Wildman–Crippen LogP) is 5.67. The van der Waals surface area contributed by atoms with Crippen molar-refractivity contribution in [3.63, 3.8) is 0 Å². The first-order chi connectivity index (χ1) is 35.2. The quantitative estimate of drug-likeness (QED) is 0.0331. The zero-order valence-electron chi connectivity index (χ0n) is 46.7. The lowest BCUT2D eigenvalue weighted by atomic mass is 9.75.